The van der Waals surface area contributed by atoms with Crippen molar-refractivity contribution in [3.63, 3.8) is 0 Å². The molecule has 0 spiro atoms. The zero-order chi connectivity index (χ0) is 21.6. The predicted octanol–water partition coefficient (Wildman–Crippen LogP) is 2.54. The minimum atomic E-state index is -3.78. The van der Waals surface area contributed by atoms with Gasteiger partial charge in [0.2, 0.25) is 21.8 Å². The average Bonchev–Trinajstić information content (AvgIpc) is 2.63. The summed E-state index contributed by atoms with van der Waals surface area (Å²) in [5.41, 5.74) is 0.973. The Labute approximate surface area is 179 Å². The van der Waals surface area contributed by atoms with Crippen LogP contribution in [0.3, 0.4) is 0 Å². The van der Waals surface area contributed by atoms with Crippen molar-refractivity contribution in [3.05, 3.63) is 52.5 Å². The number of hydrogen-bond donors (Lipinski definition) is 3. The van der Waals surface area contributed by atoms with Gasteiger partial charge in [0.15, 0.2) is 0 Å². The Kier molecular flexibility index (Phi) is 8.00. The Hall–Kier alpha value is -2.17. The predicted molar refractivity (Wildman–Crippen MR) is 114 cm³/mol. The number of carbonyl (C=O) groups excluding carboxylic acids is 2. The van der Waals surface area contributed by atoms with Crippen molar-refractivity contribution in [2.24, 2.45) is 5.14 Å². The first-order chi connectivity index (χ1) is 13.5. The molecule has 0 saturated heterocycles. The highest BCUT2D eigenvalue weighted by Gasteiger charge is 2.11. The second-order valence-corrected chi connectivity index (χ2v) is 8.66. The number of likely N-dealkylation sites (N-methyl/N-ethyl adjacent to an activating group) is 1. The maximum Gasteiger partial charge on any atom is 0.238 e. The van der Waals surface area contributed by atoms with E-state index in [0.717, 1.165) is 0 Å². The largest absolute Gasteiger partial charge is 0.326 e. The highest BCUT2D eigenvalue weighted by Crippen LogP contribution is 2.24. The van der Waals surface area contributed by atoms with Gasteiger partial charge in [-0.25, -0.2) is 13.6 Å². The van der Waals surface area contributed by atoms with Crippen molar-refractivity contribution in [2.45, 2.75) is 11.3 Å². The summed E-state index contributed by atoms with van der Waals surface area (Å²) in [6.45, 7) is 0.423. The van der Waals surface area contributed by atoms with Crippen LogP contribution in [-0.2, 0) is 19.6 Å². The molecule has 2 rings (SSSR count). The molecule has 2 aromatic rings. The van der Waals surface area contributed by atoms with Crippen LogP contribution < -0.4 is 15.8 Å². The highest BCUT2D eigenvalue weighted by atomic mass is 35.5. The number of nitrogens with zero attached hydrogens (tertiary/aromatic N) is 1. The van der Waals surface area contributed by atoms with Crippen LogP contribution in [0, 0.1) is 0 Å². The smallest absolute Gasteiger partial charge is 0.238 e. The first-order valence-corrected chi connectivity index (χ1v) is 10.7. The van der Waals surface area contributed by atoms with Crippen molar-refractivity contribution in [3.8, 4) is 0 Å². The van der Waals surface area contributed by atoms with E-state index in [1.807, 2.05) is 0 Å². The van der Waals surface area contributed by atoms with E-state index in [1.165, 1.54) is 24.3 Å². The first kappa shape index (κ1) is 23.1. The quantitative estimate of drug-likeness (QED) is 0.560. The molecule has 0 atom stereocenters. The Morgan fingerprint density at radius 2 is 1.55 bits per heavy atom. The van der Waals surface area contributed by atoms with E-state index in [2.05, 4.69) is 10.6 Å². The summed E-state index contributed by atoms with van der Waals surface area (Å²) in [5.74, 6) is -0.532. The van der Waals surface area contributed by atoms with Crippen LogP contribution in [0.5, 0.6) is 0 Å². The Morgan fingerprint density at radius 3 is 2.14 bits per heavy atom. The molecule has 0 aromatic heterocycles. The number of hydrogen-bond acceptors (Lipinski definition) is 5. The Balaban J connectivity index is 1.77. The van der Waals surface area contributed by atoms with E-state index in [-0.39, 0.29) is 29.7 Å². The van der Waals surface area contributed by atoms with Crippen molar-refractivity contribution >= 4 is 56.4 Å². The summed E-state index contributed by atoms with van der Waals surface area (Å²) in [6, 6.07) is 10.3. The fourth-order valence-corrected chi connectivity index (χ4v) is 3.16. The van der Waals surface area contributed by atoms with E-state index >= 15 is 0 Å². The number of anilines is 2. The summed E-state index contributed by atoms with van der Waals surface area (Å²) in [6.07, 6.45) is 0.146. The number of sulfonamides is 1. The lowest BCUT2D eigenvalue weighted by Crippen LogP contribution is -2.32. The maximum absolute atomic E-state index is 12.1. The topological polar surface area (TPSA) is 122 Å². The molecule has 0 aliphatic rings. The minimum Gasteiger partial charge on any atom is -0.326 e. The molecule has 0 heterocycles. The third kappa shape index (κ3) is 7.64. The molecule has 0 unspecified atom stereocenters. The molecule has 0 bridgehead atoms. The molecule has 0 fully saturated rings. The first-order valence-electron chi connectivity index (χ1n) is 8.41. The summed E-state index contributed by atoms with van der Waals surface area (Å²) in [4.78, 5) is 25.8. The molecule has 0 aliphatic heterocycles. The molecule has 11 heteroatoms. The van der Waals surface area contributed by atoms with E-state index in [4.69, 9.17) is 28.3 Å². The fourth-order valence-electron chi connectivity index (χ4n) is 2.34. The maximum atomic E-state index is 12.1. The lowest BCUT2D eigenvalue weighted by molar-refractivity contribution is -0.119. The van der Waals surface area contributed by atoms with Gasteiger partial charge in [-0.15, -0.1) is 0 Å². The second-order valence-electron chi connectivity index (χ2n) is 6.28. The number of nitrogens with one attached hydrogen (secondary N) is 2. The highest BCUT2D eigenvalue weighted by molar-refractivity contribution is 7.89. The molecule has 4 N–H and O–H groups in total. The van der Waals surface area contributed by atoms with Crippen LogP contribution in [0.1, 0.15) is 6.42 Å². The normalized spacial score (nSPS) is 11.3. The summed E-state index contributed by atoms with van der Waals surface area (Å²) in [5, 5.41) is 11.1. The summed E-state index contributed by atoms with van der Waals surface area (Å²) >= 11 is 11.7. The minimum absolute atomic E-state index is 0.0387. The average molecular weight is 459 g/mol. The van der Waals surface area contributed by atoms with Crippen LogP contribution in [0.4, 0.5) is 11.4 Å². The van der Waals surface area contributed by atoms with Crippen molar-refractivity contribution in [2.75, 3.05) is 30.8 Å². The van der Waals surface area contributed by atoms with Crippen LogP contribution in [0.2, 0.25) is 10.0 Å². The molecule has 2 aromatic carbocycles. The van der Waals surface area contributed by atoms with Gasteiger partial charge in [-0.3, -0.25) is 14.5 Å². The van der Waals surface area contributed by atoms with Gasteiger partial charge in [0.05, 0.1) is 21.5 Å². The van der Waals surface area contributed by atoms with Crippen LogP contribution in [0.25, 0.3) is 0 Å². The molecule has 2 amide bonds. The van der Waals surface area contributed by atoms with Gasteiger partial charge in [-0.1, -0.05) is 23.2 Å². The van der Waals surface area contributed by atoms with E-state index in [1.54, 1.807) is 30.1 Å². The molecule has 8 nitrogen and oxygen atoms in total. The fraction of sp³-hybridized carbons (Fsp3) is 0.222. The Morgan fingerprint density at radius 1 is 0.966 bits per heavy atom. The van der Waals surface area contributed by atoms with Crippen molar-refractivity contribution < 1.29 is 18.0 Å². The zero-order valence-corrected chi connectivity index (χ0v) is 17.8. The number of amides is 2. The standard InChI is InChI=1S/C18H20Cl2N4O4S/c1-24(11-18(26)23-13-4-7-15(19)16(20)10-13)9-8-17(25)22-12-2-5-14(6-3-12)29(21,27)28/h2-7,10H,8-9,11H2,1H3,(H,22,25)(H,23,26)(H2,21,27,28). The number of benzene rings is 2. The Bertz CT molecular complexity index is 997. The van der Waals surface area contributed by atoms with Crippen LogP contribution >= 0.6 is 23.2 Å². The molecular formula is C18H20Cl2N4O4S. The van der Waals surface area contributed by atoms with Crippen LogP contribution in [0.15, 0.2) is 47.4 Å². The number of carbonyl (C=O) groups is 2. The van der Waals surface area contributed by atoms with Gasteiger partial charge in [0.25, 0.3) is 0 Å². The summed E-state index contributed by atoms with van der Waals surface area (Å²) in [7, 11) is -2.07. The molecule has 156 valence electrons. The molecular weight excluding hydrogens is 439 g/mol. The number of nitrogens with two attached hydrogens (primary N) is 1. The van der Waals surface area contributed by atoms with Gasteiger partial charge < -0.3 is 10.6 Å². The van der Waals surface area contributed by atoms with Gasteiger partial charge in [0, 0.05) is 24.3 Å². The van der Waals surface area contributed by atoms with Crippen molar-refractivity contribution in [1.82, 2.24) is 4.90 Å². The molecule has 0 aliphatic carbocycles. The third-order valence-electron chi connectivity index (χ3n) is 3.80. The van der Waals surface area contributed by atoms with Gasteiger partial charge >= 0.3 is 0 Å². The molecule has 29 heavy (non-hydrogen) atoms. The third-order valence-corrected chi connectivity index (χ3v) is 5.47. The SMILES string of the molecule is CN(CCC(=O)Nc1ccc(S(N)(=O)=O)cc1)CC(=O)Nc1ccc(Cl)c(Cl)c1. The lowest BCUT2D eigenvalue weighted by Gasteiger charge is -2.16. The van der Waals surface area contributed by atoms with Gasteiger partial charge in [-0.2, -0.15) is 0 Å². The number of primary sulfonamides is 1. The van der Waals surface area contributed by atoms with Crippen molar-refractivity contribution in [1.29, 1.82) is 0 Å². The van der Waals surface area contributed by atoms with E-state index in [9.17, 15) is 18.0 Å². The van der Waals surface area contributed by atoms with E-state index < -0.39 is 10.0 Å². The van der Waals surface area contributed by atoms with Gasteiger partial charge in [-0.05, 0) is 49.5 Å². The van der Waals surface area contributed by atoms with Gasteiger partial charge in [0.1, 0.15) is 0 Å². The summed E-state index contributed by atoms with van der Waals surface area (Å²) < 4.78 is 22.4. The second kappa shape index (κ2) is 10.0. The molecule has 0 saturated carbocycles. The number of rotatable bonds is 8. The zero-order valence-electron chi connectivity index (χ0n) is 15.5. The number of halogens is 2. The molecule has 0 radical (unpaired) electrons. The lowest BCUT2D eigenvalue weighted by atomic mass is 10.3. The van der Waals surface area contributed by atoms with Crippen LogP contribution in [-0.4, -0.2) is 45.3 Å². The van der Waals surface area contributed by atoms with E-state index in [0.29, 0.717) is 28.0 Å². The monoisotopic (exact) mass is 458 g/mol.